The van der Waals surface area contributed by atoms with E-state index in [9.17, 15) is 0 Å². The second-order valence-corrected chi connectivity index (χ2v) is 6.43. The zero-order valence-corrected chi connectivity index (χ0v) is 15.1. The predicted octanol–water partition coefficient (Wildman–Crippen LogP) is 2.60. The van der Waals surface area contributed by atoms with Crippen molar-refractivity contribution >= 4 is 11.0 Å². The van der Waals surface area contributed by atoms with Gasteiger partial charge in [-0.3, -0.25) is 4.90 Å². The van der Waals surface area contributed by atoms with Crippen molar-refractivity contribution in [3.8, 4) is 0 Å². The fraction of sp³-hybridized carbons (Fsp3) is 0.632. The maximum Gasteiger partial charge on any atom is 0.124 e. The van der Waals surface area contributed by atoms with Gasteiger partial charge in [-0.2, -0.15) is 0 Å². The molecule has 0 aliphatic carbocycles. The minimum Gasteiger partial charge on any atom is -0.380 e. The van der Waals surface area contributed by atoms with Crippen molar-refractivity contribution in [2.75, 3.05) is 45.9 Å². The first-order valence-electron chi connectivity index (χ1n) is 9.28. The monoisotopic (exact) mass is 330 g/mol. The summed E-state index contributed by atoms with van der Waals surface area (Å²) in [4.78, 5) is 10.00. The SMILES string of the molecule is CCOCCn1c(CN2CCCN(CC)CC2)nc2ccccc21. The number of ether oxygens (including phenoxy) is 1. The molecule has 0 saturated carbocycles. The average Bonchev–Trinajstić information content (AvgIpc) is 2.78. The van der Waals surface area contributed by atoms with Gasteiger partial charge in [0.15, 0.2) is 0 Å². The number of fused-ring (bicyclic) bond motifs is 1. The molecule has 0 atom stereocenters. The molecule has 0 spiro atoms. The fourth-order valence-corrected chi connectivity index (χ4v) is 3.49. The van der Waals surface area contributed by atoms with Crippen molar-refractivity contribution in [3.05, 3.63) is 30.1 Å². The molecule has 1 aliphatic rings. The van der Waals surface area contributed by atoms with Crippen molar-refractivity contribution in [3.63, 3.8) is 0 Å². The smallest absolute Gasteiger partial charge is 0.124 e. The van der Waals surface area contributed by atoms with Gasteiger partial charge in [0, 0.05) is 26.2 Å². The highest BCUT2D eigenvalue weighted by molar-refractivity contribution is 5.75. The standard InChI is InChI=1S/C19H30N4O/c1-3-21-10-7-11-22(13-12-21)16-19-20-17-8-5-6-9-18(17)23(19)14-15-24-4-2/h5-6,8-9H,3-4,7,10-16H2,1-2H3. The van der Waals surface area contributed by atoms with E-state index in [-0.39, 0.29) is 0 Å². The predicted molar refractivity (Wildman–Crippen MR) is 98.2 cm³/mol. The van der Waals surface area contributed by atoms with Crippen LogP contribution < -0.4 is 0 Å². The Morgan fingerprint density at radius 2 is 1.83 bits per heavy atom. The Labute approximate surface area is 145 Å². The highest BCUT2D eigenvalue weighted by atomic mass is 16.5. The van der Waals surface area contributed by atoms with E-state index in [4.69, 9.17) is 9.72 Å². The van der Waals surface area contributed by atoms with Gasteiger partial charge in [0.1, 0.15) is 5.82 Å². The van der Waals surface area contributed by atoms with Crippen LogP contribution in [0.4, 0.5) is 0 Å². The summed E-state index contributed by atoms with van der Waals surface area (Å²) in [6.07, 6.45) is 1.24. The van der Waals surface area contributed by atoms with E-state index >= 15 is 0 Å². The fourth-order valence-electron chi connectivity index (χ4n) is 3.49. The van der Waals surface area contributed by atoms with Crippen LogP contribution >= 0.6 is 0 Å². The van der Waals surface area contributed by atoms with Crippen LogP contribution in [0.15, 0.2) is 24.3 Å². The Bertz CT molecular complexity index is 639. The van der Waals surface area contributed by atoms with E-state index in [2.05, 4.69) is 45.6 Å². The molecule has 5 heteroatoms. The molecule has 0 radical (unpaired) electrons. The van der Waals surface area contributed by atoms with Gasteiger partial charge in [0.25, 0.3) is 0 Å². The van der Waals surface area contributed by atoms with Crippen molar-refractivity contribution in [1.82, 2.24) is 19.4 Å². The summed E-state index contributed by atoms with van der Waals surface area (Å²) in [6, 6.07) is 8.43. The van der Waals surface area contributed by atoms with Crippen LogP contribution in [0.1, 0.15) is 26.1 Å². The molecule has 1 aromatic carbocycles. The van der Waals surface area contributed by atoms with Gasteiger partial charge in [0.2, 0.25) is 0 Å². The van der Waals surface area contributed by atoms with Gasteiger partial charge in [-0.1, -0.05) is 19.1 Å². The lowest BCUT2D eigenvalue weighted by atomic mass is 10.3. The van der Waals surface area contributed by atoms with E-state index < -0.39 is 0 Å². The van der Waals surface area contributed by atoms with Gasteiger partial charge in [-0.25, -0.2) is 4.98 Å². The number of aromatic nitrogens is 2. The Kier molecular flexibility index (Phi) is 6.24. The molecular weight excluding hydrogens is 300 g/mol. The molecule has 1 saturated heterocycles. The number of nitrogens with zero attached hydrogens (tertiary/aromatic N) is 4. The van der Waals surface area contributed by atoms with Gasteiger partial charge in [-0.15, -0.1) is 0 Å². The minimum absolute atomic E-state index is 0.744. The molecule has 2 heterocycles. The lowest BCUT2D eigenvalue weighted by molar-refractivity contribution is 0.138. The number of imidazole rings is 1. The van der Waals surface area contributed by atoms with Gasteiger partial charge in [0.05, 0.1) is 24.2 Å². The Morgan fingerprint density at radius 1 is 1.04 bits per heavy atom. The molecule has 0 bridgehead atoms. The van der Waals surface area contributed by atoms with Crippen molar-refractivity contribution < 1.29 is 4.74 Å². The molecule has 1 fully saturated rings. The zero-order valence-electron chi connectivity index (χ0n) is 15.1. The third kappa shape index (κ3) is 4.15. The van der Waals surface area contributed by atoms with E-state index in [1.807, 2.05) is 6.92 Å². The molecular formula is C19H30N4O. The lowest BCUT2D eigenvalue weighted by Gasteiger charge is -2.21. The molecule has 1 aliphatic heterocycles. The van der Waals surface area contributed by atoms with Gasteiger partial charge in [-0.05, 0) is 45.1 Å². The lowest BCUT2D eigenvalue weighted by Crippen LogP contribution is -2.31. The molecule has 0 amide bonds. The van der Waals surface area contributed by atoms with E-state index in [1.165, 1.54) is 24.3 Å². The minimum atomic E-state index is 0.744. The second kappa shape index (κ2) is 8.60. The molecule has 0 unspecified atom stereocenters. The van der Waals surface area contributed by atoms with Crippen LogP contribution in [0, 0.1) is 0 Å². The number of hydrogen-bond donors (Lipinski definition) is 0. The van der Waals surface area contributed by atoms with Gasteiger partial charge >= 0.3 is 0 Å². The number of rotatable bonds is 7. The van der Waals surface area contributed by atoms with E-state index in [1.54, 1.807) is 0 Å². The summed E-state index contributed by atoms with van der Waals surface area (Å²) in [6.45, 7) is 13.4. The maximum atomic E-state index is 5.58. The first-order chi connectivity index (χ1) is 11.8. The number of para-hydroxylation sites is 2. The molecule has 0 N–H and O–H groups in total. The van der Waals surface area contributed by atoms with Crippen molar-refractivity contribution in [1.29, 1.82) is 0 Å². The van der Waals surface area contributed by atoms with Crippen LogP contribution in [0.5, 0.6) is 0 Å². The van der Waals surface area contributed by atoms with Crippen molar-refractivity contribution in [2.45, 2.75) is 33.4 Å². The van der Waals surface area contributed by atoms with Crippen molar-refractivity contribution in [2.24, 2.45) is 0 Å². The van der Waals surface area contributed by atoms with Crippen LogP contribution in [-0.2, 0) is 17.8 Å². The third-order valence-corrected chi connectivity index (χ3v) is 4.89. The molecule has 132 valence electrons. The molecule has 24 heavy (non-hydrogen) atoms. The molecule has 2 aromatic rings. The normalized spacial score (nSPS) is 17.4. The summed E-state index contributed by atoms with van der Waals surface area (Å²) in [5.74, 6) is 1.17. The first kappa shape index (κ1) is 17.4. The third-order valence-electron chi connectivity index (χ3n) is 4.89. The second-order valence-electron chi connectivity index (χ2n) is 6.43. The topological polar surface area (TPSA) is 33.5 Å². The summed E-state index contributed by atoms with van der Waals surface area (Å²) in [5, 5.41) is 0. The van der Waals surface area contributed by atoms with E-state index in [0.717, 1.165) is 58.0 Å². The highest BCUT2D eigenvalue weighted by Crippen LogP contribution is 2.18. The van der Waals surface area contributed by atoms with Crippen LogP contribution in [0.3, 0.4) is 0 Å². The quantitative estimate of drug-likeness (QED) is 0.731. The average molecular weight is 330 g/mol. The summed E-state index contributed by atoms with van der Waals surface area (Å²) in [7, 11) is 0. The number of likely N-dealkylation sites (N-methyl/N-ethyl adjacent to an activating group) is 1. The largest absolute Gasteiger partial charge is 0.380 e. The van der Waals surface area contributed by atoms with Crippen LogP contribution in [0.25, 0.3) is 11.0 Å². The molecule has 3 rings (SSSR count). The maximum absolute atomic E-state index is 5.58. The highest BCUT2D eigenvalue weighted by Gasteiger charge is 2.17. The Balaban J connectivity index is 1.76. The summed E-state index contributed by atoms with van der Waals surface area (Å²) >= 11 is 0. The Hall–Kier alpha value is -1.43. The zero-order chi connectivity index (χ0) is 16.8. The van der Waals surface area contributed by atoms with E-state index in [0.29, 0.717) is 0 Å². The van der Waals surface area contributed by atoms with Crippen LogP contribution in [-0.4, -0.2) is 65.3 Å². The summed E-state index contributed by atoms with van der Waals surface area (Å²) in [5.41, 5.74) is 2.31. The number of hydrogen-bond acceptors (Lipinski definition) is 4. The molecule has 1 aromatic heterocycles. The summed E-state index contributed by atoms with van der Waals surface area (Å²) < 4.78 is 7.92. The first-order valence-corrected chi connectivity index (χ1v) is 9.28. The number of benzene rings is 1. The van der Waals surface area contributed by atoms with Gasteiger partial charge < -0.3 is 14.2 Å². The Morgan fingerprint density at radius 3 is 2.67 bits per heavy atom. The van der Waals surface area contributed by atoms with Crippen LogP contribution in [0.2, 0.25) is 0 Å². The molecule has 5 nitrogen and oxygen atoms in total.